The highest BCUT2D eigenvalue weighted by Gasteiger charge is 2.17. The fraction of sp³-hybridized carbons (Fsp3) is 0.727. The fourth-order valence-electron chi connectivity index (χ4n) is 4.17. The van der Waals surface area contributed by atoms with Gasteiger partial charge in [0, 0.05) is 45.8 Å². The molecule has 0 spiro atoms. The van der Waals surface area contributed by atoms with Crippen LogP contribution in [-0.2, 0) is 6.54 Å². The van der Waals surface area contributed by atoms with E-state index in [0.29, 0.717) is 13.2 Å². The van der Waals surface area contributed by atoms with E-state index in [2.05, 4.69) is 26.8 Å². The van der Waals surface area contributed by atoms with Crippen LogP contribution in [-0.4, -0.2) is 96.6 Å². The number of benzene rings is 1. The molecule has 3 rings (SSSR count). The van der Waals surface area contributed by atoms with Gasteiger partial charge in [0.05, 0.1) is 6.61 Å². The molecule has 2 N–H and O–H groups in total. The van der Waals surface area contributed by atoms with Crippen molar-refractivity contribution in [2.45, 2.75) is 38.3 Å². The Balaban J connectivity index is 1.40. The van der Waals surface area contributed by atoms with Crippen LogP contribution in [0.5, 0.6) is 5.75 Å². The van der Waals surface area contributed by atoms with Crippen LogP contribution in [0.25, 0.3) is 0 Å². The number of nitrogens with zero attached hydrogens (tertiary/aromatic N) is 3. The molecule has 6 heteroatoms. The van der Waals surface area contributed by atoms with Crippen molar-refractivity contribution in [3.05, 3.63) is 29.8 Å². The number of aliphatic hydroxyl groups excluding tert-OH is 2. The number of rotatable bonds is 9. The first kappa shape index (κ1) is 21.5. The Labute approximate surface area is 169 Å². The van der Waals surface area contributed by atoms with Crippen molar-refractivity contribution < 1.29 is 14.9 Å². The van der Waals surface area contributed by atoms with E-state index in [9.17, 15) is 5.11 Å². The second kappa shape index (κ2) is 11.7. The summed E-state index contributed by atoms with van der Waals surface area (Å²) in [6.07, 6.45) is 4.66. The monoisotopic (exact) mass is 391 g/mol. The number of hydrogen-bond acceptors (Lipinski definition) is 6. The van der Waals surface area contributed by atoms with Gasteiger partial charge in [-0.1, -0.05) is 25.0 Å². The van der Waals surface area contributed by atoms with E-state index in [4.69, 9.17) is 9.84 Å². The van der Waals surface area contributed by atoms with Crippen LogP contribution < -0.4 is 4.74 Å². The number of ether oxygens (including phenoxy) is 1. The summed E-state index contributed by atoms with van der Waals surface area (Å²) in [6.45, 7) is 9.26. The largest absolute Gasteiger partial charge is 0.491 e. The van der Waals surface area contributed by atoms with Crippen molar-refractivity contribution in [3.63, 3.8) is 0 Å². The van der Waals surface area contributed by atoms with Gasteiger partial charge in [-0.25, -0.2) is 0 Å². The highest BCUT2D eigenvalue weighted by Crippen LogP contribution is 2.17. The van der Waals surface area contributed by atoms with Gasteiger partial charge in [-0.15, -0.1) is 0 Å². The molecule has 2 fully saturated rings. The second-order valence-electron chi connectivity index (χ2n) is 8.17. The molecular weight excluding hydrogens is 354 g/mol. The van der Waals surface area contributed by atoms with E-state index in [1.165, 1.54) is 31.2 Å². The van der Waals surface area contributed by atoms with E-state index in [-0.39, 0.29) is 6.61 Å². The normalized spacial score (nSPS) is 21.4. The van der Waals surface area contributed by atoms with Gasteiger partial charge in [-0.2, -0.15) is 0 Å². The summed E-state index contributed by atoms with van der Waals surface area (Å²) in [6, 6.07) is 8.24. The first-order valence-electron chi connectivity index (χ1n) is 10.9. The van der Waals surface area contributed by atoms with Gasteiger partial charge in [-0.3, -0.25) is 9.80 Å². The molecule has 2 heterocycles. The minimum atomic E-state index is -0.443. The quantitative estimate of drug-likeness (QED) is 0.664. The lowest BCUT2D eigenvalue weighted by Gasteiger charge is -2.34. The molecule has 1 unspecified atom stereocenters. The van der Waals surface area contributed by atoms with Gasteiger partial charge in [-0.05, 0) is 43.6 Å². The average Bonchev–Trinajstić information content (AvgIpc) is 2.97. The van der Waals surface area contributed by atoms with Gasteiger partial charge in [0.25, 0.3) is 0 Å². The Morgan fingerprint density at radius 2 is 1.61 bits per heavy atom. The molecule has 1 atom stereocenters. The summed E-state index contributed by atoms with van der Waals surface area (Å²) < 4.78 is 5.89. The third-order valence-electron chi connectivity index (χ3n) is 5.80. The SMILES string of the molecule is OCCN1CCN(Cc2cccc(OCC(O)CN3CCCCCC3)c2)CC1. The number of piperazine rings is 1. The molecule has 0 radical (unpaired) electrons. The lowest BCUT2D eigenvalue weighted by Crippen LogP contribution is -2.46. The van der Waals surface area contributed by atoms with Crippen LogP contribution in [0.2, 0.25) is 0 Å². The fourth-order valence-corrected chi connectivity index (χ4v) is 4.17. The van der Waals surface area contributed by atoms with Crippen molar-refractivity contribution in [1.82, 2.24) is 14.7 Å². The van der Waals surface area contributed by atoms with Gasteiger partial charge in [0.2, 0.25) is 0 Å². The Hall–Kier alpha value is -1.18. The van der Waals surface area contributed by atoms with Crippen molar-refractivity contribution in [2.24, 2.45) is 0 Å². The first-order chi connectivity index (χ1) is 13.7. The second-order valence-corrected chi connectivity index (χ2v) is 8.17. The van der Waals surface area contributed by atoms with E-state index >= 15 is 0 Å². The third-order valence-corrected chi connectivity index (χ3v) is 5.80. The zero-order valence-corrected chi connectivity index (χ0v) is 17.1. The standard InChI is InChI=1S/C22H37N3O3/c26-15-14-23-10-12-25(13-11-23)17-20-6-5-7-22(16-20)28-19-21(27)18-24-8-3-1-2-4-9-24/h5-7,16,21,26-27H,1-4,8-15,17-19H2. The minimum absolute atomic E-state index is 0.239. The van der Waals surface area contributed by atoms with Crippen LogP contribution in [0.1, 0.15) is 31.2 Å². The molecule has 28 heavy (non-hydrogen) atoms. The molecule has 1 aromatic carbocycles. The molecule has 2 saturated heterocycles. The topological polar surface area (TPSA) is 59.4 Å². The summed E-state index contributed by atoms with van der Waals surface area (Å²) >= 11 is 0. The van der Waals surface area contributed by atoms with Gasteiger partial charge in [0.15, 0.2) is 0 Å². The molecule has 0 aliphatic carbocycles. The van der Waals surface area contributed by atoms with Crippen LogP contribution in [0.15, 0.2) is 24.3 Å². The minimum Gasteiger partial charge on any atom is -0.491 e. The Morgan fingerprint density at radius 3 is 2.32 bits per heavy atom. The van der Waals surface area contributed by atoms with Gasteiger partial charge in [0.1, 0.15) is 18.5 Å². The predicted molar refractivity (Wildman–Crippen MR) is 112 cm³/mol. The Morgan fingerprint density at radius 1 is 0.893 bits per heavy atom. The summed E-state index contributed by atoms with van der Waals surface area (Å²) in [4.78, 5) is 7.12. The number of hydrogen-bond donors (Lipinski definition) is 2. The van der Waals surface area contributed by atoms with Crippen LogP contribution in [0, 0.1) is 0 Å². The smallest absolute Gasteiger partial charge is 0.119 e. The molecule has 1 aromatic rings. The molecule has 0 saturated carbocycles. The van der Waals surface area contributed by atoms with E-state index in [1.54, 1.807) is 0 Å². The summed E-state index contributed by atoms with van der Waals surface area (Å²) in [5.74, 6) is 0.839. The molecule has 2 aliphatic rings. The Kier molecular flexibility index (Phi) is 9.02. The van der Waals surface area contributed by atoms with Crippen molar-refractivity contribution in [3.8, 4) is 5.75 Å². The first-order valence-corrected chi connectivity index (χ1v) is 10.9. The maximum absolute atomic E-state index is 10.4. The molecular formula is C22H37N3O3. The lowest BCUT2D eigenvalue weighted by atomic mass is 10.2. The summed E-state index contributed by atoms with van der Waals surface area (Å²) in [5, 5.41) is 19.4. The summed E-state index contributed by atoms with van der Waals surface area (Å²) in [5.41, 5.74) is 1.25. The van der Waals surface area contributed by atoms with Crippen molar-refractivity contribution in [2.75, 3.05) is 65.6 Å². The lowest BCUT2D eigenvalue weighted by molar-refractivity contribution is 0.0692. The Bertz CT molecular complexity index is 556. The zero-order valence-electron chi connectivity index (χ0n) is 17.1. The number of β-amino-alcohol motifs (C(OH)–C–C–N with tert-alkyl or cyclic N) is 2. The molecule has 0 amide bonds. The van der Waals surface area contributed by atoms with Gasteiger partial charge < -0.3 is 19.8 Å². The molecule has 6 nitrogen and oxygen atoms in total. The molecule has 0 aromatic heterocycles. The maximum atomic E-state index is 10.4. The average molecular weight is 392 g/mol. The van der Waals surface area contributed by atoms with Crippen molar-refractivity contribution in [1.29, 1.82) is 0 Å². The zero-order chi connectivity index (χ0) is 19.6. The van der Waals surface area contributed by atoms with Crippen LogP contribution >= 0.6 is 0 Å². The van der Waals surface area contributed by atoms with Crippen LogP contribution in [0.3, 0.4) is 0 Å². The predicted octanol–water partition coefficient (Wildman–Crippen LogP) is 1.41. The number of aliphatic hydroxyl groups is 2. The van der Waals surface area contributed by atoms with Crippen molar-refractivity contribution >= 4 is 0 Å². The number of likely N-dealkylation sites (tertiary alicyclic amines) is 1. The molecule has 158 valence electrons. The molecule has 0 bridgehead atoms. The summed E-state index contributed by atoms with van der Waals surface area (Å²) in [7, 11) is 0. The van der Waals surface area contributed by atoms with Gasteiger partial charge >= 0.3 is 0 Å². The van der Waals surface area contributed by atoms with Crippen LogP contribution in [0.4, 0.5) is 0 Å². The van der Waals surface area contributed by atoms with E-state index < -0.39 is 6.10 Å². The highest BCUT2D eigenvalue weighted by molar-refractivity contribution is 5.28. The van der Waals surface area contributed by atoms with E-state index in [1.807, 2.05) is 12.1 Å². The molecule has 2 aliphatic heterocycles. The van der Waals surface area contributed by atoms with E-state index in [0.717, 1.165) is 58.1 Å². The third kappa shape index (κ3) is 7.33. The maximum Gasteiger partial charge on any atom is 0.119 e. The highest BCUT2D eigenvalue weighted by atomic mass is 16.5.